The first kappa shape index (κ1) is 11.2. The zero-order chi connectivity index (χ0) is 10.8. The first-order chi connectivity index (χ1) is 6.46. The fourth-order valence-electron chi connectivity index (χ4n) is 1.41. The monoisotopic (exact) mass is 194 g/mol. The summed E-state index contributed by atoms with van der Waals surface area (Å²) >= 11 is 0. The minimum absolute atomic E-state index is 0.0245. The molecule has 0 bridgehead atoms. The highest BCUT2D eigenvalue weighted by atomic mass is 16.3. The van der Waals surface area contributed by atoms with Crippen molar-refractivity contribution in [3.8, 4) is 0 Å². The Bertz CT molecular complexity index is 299. The minimum Gasteiger partial charge on any atom is -0.392 e. The van der Waals surface area contributed by atoms with Crippen LogP contribution in [0.25, 0.3) is 0 Å². The van der Waals surface area contributed by atoms with Crippen LogP contribution in [0.4, 0.5) is 0 Å². The molecule has 0 amide bonds. The van der Waals surface area contributed by atoms with Gasteiger partial charge in [-0.15, -0.1) is 0 Å². The molecule has 1 rings (SSSR count). The Morgan fingerprint density at radius 2 is 1.79 bits per heavy atom. The molecule has 1 aromatic carbocycles. The van der Waals surface area contributed by atoms with Gasteiger partial charge in [0, 0.05) is 0 Å². The second-order valence-electron chi connectivity index (χ2n) is 4.63. The molecule has 0 aliphatic rings. The van der Waals surface area contributed by atoms with Crippen LogP contribution in [0.15, 0.2) is 24.3 Å². The molecule has 2 N–H and O–H groups in total. The van der Waals surface area contributed by atoms with E-state index in [0.29, 0.717) is 0 Å². The van der Waals surface area contributed by atoms with E-state index in [9.17, 15) is 5.11 Å². The van der Waals surface area contributed by atoms with E-state index in [0.717, 1.165) is 11.1 Å². The SMILES string of the molecule is CC(C)(C)C(O)c1ccccc1CO. The molecule has 0 heterocycles. The van der Waals surface area contributed by atoms with Crippen molar-refractivity contribution in [3.05, 3.63) is 35.4 Å². The lowest BCUT2D eigenvalue weighted by atomic mass is 9.83. The average molecular weight is 194 g/mol. The summed E-state index contributed by atoms with van der Waals surface area (Å²) < 4.78 is 0. The summed E-state index contributed by atoms with van der Waals surface area (Å²) in [7, 11) is 0. The lowest BCUT2D eigenvalue weighted by molar-refractivity contribution is 0.0607. The lowest BCUT2D eigenvalue weighted by Crippen LogP contribution is -2.19. The maximum Gasteiger partial charge on any atom is 0.0841 e. The molecule has 0 aliphatic carbocycles. The molecule has 0 radical (unpaired) electrons. The van der Waals surface area contributed by atoms with Gasteiger partial charge in [0.05, 0.1) is 12.7 Å². The summed E-state index contributed by atoms with van der Waals surface area (Å²) in [4.78, 5) is 0. The second kappa shape index (κ2) is 4.11. The highest BCUT2D eigenvalue weighted by Gasteiger charge is 2.25. The molecule has 0 spiro atoms. The molecule has 1 unspecified atom stereocenters. The van der Waals surface area contributed by atoms with E-state index in [1.54, 1.807) is 0 Å². The molecule has 2 nitrogen and oxygen atoms in total. The molecule has 1 aromatic rings. The Labute approximate surface area is 85.2 Å². The van der Waals surface area contributed by atoms with Crippen molar-refractivity contribution in [2.75, 3.05) is 0 Å². The molecule has 1 atom stereocenters. The highest BCUT2D eigenvalue weighted by molar-refractivity contribution is 5.29. The quantitative estimate of drug-likeness (QED) is 0.758. The van der Waals surface area contributed by atoms with Crippen molar-refractivity contribution >= 4 is 0 Å². The molecule has 0 fully saturated rings. The summed E-state index contributed by atoms with van der Waals surface area (Å²) in [5.41, 5.74) is 1.42. The van der Waals surface area contributed by atoms with Gasteiger partial charge >= 0.3 is 0 Å². The van der Waals surface area contributed by atoms with Gasteiger partial charge in [0.2, 0.25) is 0 Å². The van der Waals surface area contributed by atoms with Crippen LogP contribution in [0, 0.1) is 5.41 Å². The van der Waals surface area contributed by atoms with Gasteiger partial charge in [0.15, 0.2) is 0 Å². The summed E-state index contributed by atoms with van der Waals surface area (Å²) in [6, 6.07) is 7.44. The smallest absolute Gasteiger partial charge is 0.0841 e. The molecular weight excluding hydrogens is 176 g/mol. The Morgan fingerprint density at radius 3 is 2.29 bits per heavy atom. The Kier molecular flexibility index (Phi) is 3.29. The highest BCUT2D eigenvalue weighted by Crippen LogP contribution is 2.34. The van der Waals surface area contributed by atoms with Gasteiger partial charge in [-0.25, -0.2) is 0 Å². The first-order valence-electron chi connectivity index (χ1n) is 4.83. The van der Waals surface area contributed by atoms with E-state index < -0.39 is 6.10 Å². The fourth-order valence-corrected chi connectivity index (χ4v) is 1.41. The maximum absolute atomic E-state index is 10.1. The van der Waals surface area contributed by atoms with Crippen molar-refractivity contribution in [1.82, 2.24) is 0 Å². The van der Waals surface area contributed by atoms with Crippen molar-refractivity contribution < 1.29 is 10.2 Å². The third-order valence-corrected chi connectivity index (χ3v) is 2.34. The first-order valence-corrected chi connectivity index (χ1v) is 4.83. The predicted molar refractivity (Wildman–Crippen MR) is 56.8 cm³/mol. The third kappa shape index (κ3) is 2.34. The van der Waals surface area contributed by atoms with Crippen LogP contribution in [0.3, 0.4) is 0 Å². The minimum atomic E-state index is -0.536. The topological polar surface area (TPSA) is 40.5 Å². The van der Waals surface area contributed by atoms with Gasteiger partial charge in [-0.3, -0.25) is 0 Å². The van der Waals surface area contributed by atoms with E-state index >= 15 is 0 Å². The zero-order valence-electron chi connectivity index (χ0n) is 8.99. The molecule has 0 aromatic heterocycles. The van der Waals surface area contributed by atoms with Crippen LogP contribution >= 0.6 is 0 Å². The van der Waals surface area contributed by atoms with Crippen LogP contribution in [0.2, 0.25) is 0 Å². The van der Waals surface area contributed by atoms with Gasteiger partial charge in [-0.05, 0) is 16.5 Å². The summed E-state index contributed by atoms with van der Waals surface area (Å²) in [6.07, 6.45) is -0.536. The van der Waals surface area contributed by atoms with Crippen LogP contribution in [-0.2, 0) is 6.61 Å². The standard InChI is InChI=1S/C12H18O2/c1-12(2,3)11(14)10-7-5-4-6-9(10)8-13/h4-7,11,13-14H,8H2,1-3H3. The average Bonchev–Trinajstić information content (AvgIpc) is 2.15. The predicted octanol–water partition coefficient (Wildman–Crippen LogP) is 2.26. The summed E-state index contributed by atoms with van der Waals surface area (Å²) in [5.74, 6) is 0. The van der Waals surface area contributed by atoms with Gasteiger partial charge in [0.1, 0.15) is 0 Å². The number of hydrogen-bond donors (Lipinski definition) is 2. The molecule has 0 saturated heterocycles. The molecule has 14 heavy (non-hydrogen) atoms. The number of aliphatic hydroxyl groups is 2. The van der Waals surface area contributed by atoms with Crippen molar-refractivity contribution in [1.29, 1.82) is 0 Å². The largest absolute Gasteiger partial charge is 0.392 e. The molecule has 78 valence electrons. The summed E-state index contributed by atoms with van der Waals surface area (Å²) in [6.45, 7) is 5.91. The molecule has 2 heteroatoms. The van der Waals surface area contributed by atoms with Gasteiger partial charge in [0.25, 0.3) is 0 Å². The van der Waals surface area contributed by atoms with E-state index in [2.05, 4.69) is 0 Å². The maximum atomic E-state index is 10.1. The van der Waals surface area contributed by atoms with E-state index in [4.69, 9.17) is 5.11 Å². The van der Waals surface area contributed by atoms with E-state index in [-0.39, 0.29) is 12.0 Å². The van der Waals surface area contributed by atoms with Gasteiger partial charge < -0.3 is 10.2 Å². The van der Waals surface area contributed by atoms with Crippen molar-refractivity contribution in [2.45, 2.75) is 33.5 Å². The summed E-state index contributed by atoms with van der Waals surface area (Å²) in [5, 5.41) is 19.2. The van der Waals surface area contributed by atoms with Crippen LogP contribution in [0.1, 0.15) is 38.0 Å². The van der Waals surface area contributed by atoms with E-state index in [1.807, 2.05) is 45.0 Å². The van der Waals surface area contributed by atoms with E-state index in [1.165, 1.54) is 0 Å². The number of benzene rings is 1. The zero-order valence-corrected chi connectivity index (χ0v) is 8.99. The van der Waals surface area contributed by atoms with Crippen molar-refractivity contribution in [2.24, 2.45) is 5.41 Å². The van der Waals surface area contributed by atoms with Crippen LogP contribution < -0.4 is 0 Å². The third-order valence-electron chi connectivity index (χ3n) is 2.34. The Morgan fingerprint density at radius 1 is 1.21 bits per heavy atom. The van der Waals surface area contributed by atoms with Gasteiger partial charge in [-0.1, -0.05) is 45.0 Å². The Hall–Kier alpha value is -0.860. The lowest BCUT2D eigenvalue weighted by Gasteiger charge is -2.27. The number of aliphatic hydroxyl groups excluding tert-OH is 2. The van der Waals surface area contributed by atoms with Crippen LogP contribution in [0.5, 0.6) is 0 Å². The number of hydrogen-bond acceptors (Lipinski definition) is 2. The Balaban J connectivity index is 3.06. The molecule has 0 aliphatic heterocycles. The normalized spacial score (nSPS) is 14.1. The fraction of sp³-hybridized carbons (Fsp3) is 0.500. The molecule has 0 saturated carbocycles. The van der Waals surface area contributed by atoms with Gasteiger partial charge in [-0.2, -0.15) is 0 Å². The second-order valence-corrected chi connectivity index (χ2v) is 4.63. The van der Waals surface area contributed by atoms with Crippen molar-refractivity contribution in [3.63, 3.8) is 0 Å². The molecular formula is C12H18O2. The van der Waals surface area contributed by atoms with Crippen LogP contribution in [-0.4, -0.2) is 10.2 Å². The number of rotatable bonds is 2.